The molecule has 0 saturated carbocycles. The van der Waals surface area contributed by atoms with E-state index in [1.165, 1.54) is 17.8 Å². The first kappa shape index (κ1) is 14.8. The molecule has 0 amide bonds. The first-order valence-electron chi connectivity index (χ1n) is 6.63. The quantitative estimate of drug-likeness (QED) is 0.843. The normalized spacial score (nSPS) is 10.6. The van der Waals surface area contributed by atoms with Crippen LogP contribution >= 0.6 is 11.8 Å². The van der Waals surface area contributed by atoms with Crippen LogP contribution in [0.25, 0.3) is 0 Å². The Labute approximate surface area is 123 Å². The van der Waals surface area contributed by atoms with Gasteiger partial charge in [0.25, 0.3) is 0 Å². The van der Waals surface area contributed by atoms with Crippen molar-refractivity contribution in [3.63, 3.8) is 0 Å². The van der Waals surface area contributed by atoms with Gasteiger partial charge in [0.1, 0.15) is 22.5 Å². The van der Waals surface area contributed by atoms with Crippen molar-refractivity contribution in [1.29, 1.82) is 0 Å². The number of hydrogen-bond acceptors (Lipinski definition) is 4. The van der Waals surface area contributed by atoms with Crippen molar-refractivity contribution in [3.8, 4) is 0 Å². The molecular formula is C15H18FN3S. The van der Waals surface area contributed by atoms with Gasteiger partial charge in [-0.05, 0) is 25.5 Å². The van der Waals surface area contributed by atoms with Gasteiger partial charge < -0.3 is 5.32 Å². The van der Waals surface area contributed by atoms with E-state index in [2.05, 4.69) is 22.2 Å². The maximum absolute atomic E-state index is 13.8. The summed E-state index contributed by atoms with van der Waals surface area (Å²) in [4.78, 5) is 9.61. The molecule has 2 rings (SSSR count). The highest BCUT2D eigenvalue weighted by Crippen LogP contribution is 2.32. The summed E-state index contributed by atoms with van der Waals surface area (Å²) >= 11 is 1.34. The van der Waals surface area contributed by atoms with E-state index >= 15 is 0 Å². The highest BCUT2D eigenvalue weighted by molar-refractivity contribution is 7.99. The van der Waals surface area contributed by atoms with Crippen LogP contribution < -0.4 is 5.32 Å². The van der Waals surface area contributed by atoms with Gasteiger partial charge in [0.2, 0.25) is 0 Å². The largest absolute Gasteiger partial charge is 0.373 e. The summed E-state index contributed by atoms with van der Waals surface area (Å²) in [5.41, 5.74) is 0.945. The van der Waals surface area contributed by atoms with Crippen LogP contribution in [0.2, 0.25) is 0 Å². The summed E-state index contributed by atoms with van der Waals surface area (Å²) in [5, 5.41) is 3.88. The van der Waals surface area contributed by atoms with Gasteiger partial charge in [0.05, 0.1) is 0 Å². The average Bonchev–Trinajstić information content (AvgIpc) is 2.45. The van der Waals surface area contributed by atoms with Gasteiger partial charge in [-0.1, -0.05) is 30.8 Å². The maximum Gasteiger partial charge on any atom is 0.137 e. The van der Waals surface area contributed by atoms with Gasteiger partial charge in [0.15, 0.2) is 0 Å². The Hall–Kier alpha value is -1.62. The van der Waals surface area contributed by atoms with Crippen molar-refractivity contribution < 1.29 is 4.39 Å². The highest BCUT2D eigenvalue weighted by atomic mass is 32.2. The van der Waals surface area contributed by atoms with E-state index in [4.69, 9.17) is 0 Å². The molecule has 0 unspecified atom stereocenters. The van der Waals surface area contributed by atoms with Gasteiger partial charge in [-0.25, -0.2) is 14.4 Å². The van der Waals surface area contributed by atoms with Crippen molar-refractivity contribution in [2.75, 3.05) is 12.4 Å². The van der Waals surface area contributed by atoms with Gasteiger partial charge in [-0.15, -0.1) is 0 Å². The first-order chi connectivity index (χ1) is 9.65. The molecule has 5 heteroatoms. The predicted octanol–water partition coefficient (Wildman–Crippen LogP) is 4.07. The Bertz CT molecular complexity index is 602. The van der Waals surface area contributed by atoms with Gasteiger partial charge in [-0.2, -0.15) is 0 Å². The molecule has 0 bridgehead atoms. The van der Waals surface area contributed by atoms with Crippen LogP contribution in [0.3, 0.4) is 0 Å². The number of aromatic nitrogens is 2. The van der Waals surface area contributed by atoms with Crippen molar-refractivity contribution in [2.24, 2.45) is 0 Å². The molecule has 1 N–H and O–H groups in total. The van der Waals surface area contributed by atoms with Crippen molar-refractivity contribution >= 4 is 17.6 Å². The van der Waals surface area contributed by atoms with E-state index < -0.39 is 0 Å². The second kappa shape index (κ2) is 6.70. The zero-order valence-corrected chi connectivity index (χ0v) is 12.7. The van der Waals surface area contributed by atoms with E-state index in [-0.39, 0.29) is 5.82 Å². The molecule has 0 aliphatic heterocycles. The average molecular weight is 291 g/mol. The Morgan fingerprint density at radius 1 is 1.25 bits per heavy atom. The van der Waals surface area contributed by atoms with Crippen molar-refractivity contribution in [2.45, 2.75) is 36.6 Å². The molecule has 2 aromatic rings. The van der Waals surface area contributed by atoms with E-state index in [1.807, 2.05) is 20.0 Å². The fourth-order valence-corrected chi connectivity index (χ4v) is 2.77. The minimum atomic E-state index is -0.224. The monoisotopic (exact) mass is 291 g/mol. The number of halogens is 1. The number of aryl methyl sites for hydroxylation is 1. The number of hydrogen-bond donors (Lipinski definition) is 1. The standard InChI is InChI=1S/C15H18FN3S/c1-4-7-13-18-14(17-3)10(2)15(19-13)20-12-9-6-5-8-11(12)16/h5-6,8-9H,4,7H2,1-3H3,(H,17,18,19). The lowest BCUT2D eigenvalue weighted by Gasteiger charge is -2.11. The molecule has 1 heterocycles. The molecule has 1 aromatic heterocycles. The van der Waals surface area contributed by atoms with Crippen LogP contribution in [-0.2, 0) is 6.42 Å². The topological polar surface area (TPSA) is 37.8 Å². The third kappa shape index (κ3) is 3.28. The van der Waals surface area contributed by atoms with Crippen LogP contribution in [0.4, 0.5) is 10.2 Å². The molecule has 0 spiro atoms. The zero-order chi connectivity index (χ0) is 14.5. The lowest BCUT2D eigenvalue weighted by molar-refractivity contribution is 0.602. The van der Waals surface area contributed by atoms with Crippen LogP contribution in [0.15, 0.2) is 34.2 Å². The van der Waals surface area contributed by atoms with Crippen molar-refractivity contribution in [3.05, 3.63) is 41.5 Å². The summed E-state index contributed by atoms with van der Waals surface area (Å²) < 4.78 is 13.8. The van der Waals surface area contributed by atoms with Gasteiger partial charge >= 0.3 is 0 Å². The number of nitrogens with zero attached hydrogens (tertiary/aromatic N) is 2. The number of rotatable bonds is 5. The molecule has 0 aliphatic rings. The Balaban J connectivity index is 2.39. The van der Waals surface area contributed by atoms with Crippen molar-refractivity contribution in [1.82, 2.24) is 9.97 Å². The molecular weight excluding hydrogens is 273 g/mol. The van der Waals surface area contributed by atoms with E-state index in [0.717, 1.165) is 35.1 Å². The van der Waals surface area contributed by atoms with Crippen LogP contribution in [0.5, 0.6) is 0 Å². The molecule has 0 radical (unpaired) electrons. The number of anilines is 1. The fourth-order valence-electron chi connectivity index (χ4n) is 1.85. The molecule has 20 heavy (non-hydrogen) atoms. The third-order valence-electron chi connectivity index (χ3n) is 2.90. The van der Waals surface area contributed by atoms with Crippen LogP contribution in [0.1, 0.15) is 24.7 Å². The number of nitrogens with one attached hydrogen (secondary N) is 1. The molecule has 0 fully saturated rings. The minimum Gasteiger partial charge on any atom is -0.373 e. The Morgan fingerprint density at radius 2 is 2.00 bits per heavy atom. The highest BCUT2D eigenvalue weighted by Gasteiger charge is 2.12. The second-order valence-corrected chi connectivity index (χ2v) is 5.48. The molecule has 0 saturated heterocycles. The molecule has 3 nitrogen and oxygen atoms in total. The fraction of sp³-hybridized carbons (Fsp3) is 0.333. The Morgan fingerprint density at radius 3 is 2.65 bits per heavy atom. The number of benzene rings is 1. The summed E-state index contributed by atoms with van der Waals surface area (Å²) in [6.45, 7) is 4.04. The lowest BCUT2D eigenvalue weighted by Crippen LogP contribution is -2.04. The third-order valence-corrected chi connectivity index (χ3v) is 4.04. The zero-order valence-electron chi connectivity index (χ0n) is 11.9. The van der Waals surface area contributed by atoms with E-state index in [0.29, 0.717) is 4.90 Å². The van der Waals surface area contributed by atoms with Crippen LogP contribution in [0, 0.1) is 12.7 Å². The molecule has 1 aromatic carbocycles. The molecule has 0 aliphatic carbocycles. The molecule has 0 atom stereocenters. The summed E-state index contributed by atoms with van der Waals surface area (Å²) in [6.07, 6.45) is 1.80. The lowest BCUT2D eigenvalue weighted by atomic mass is 10.3. The SMILES string of the molecule is CCCc1nc(NC)c(C)c(Sc2ccccc2F)n1. The Kier molecular flexibility index (Phi) is 4.95. The second-order valence-electron chi connectivity index (χ2n) is 4.45. The minimum absolute atomic E-state index is 0.224. The first-order valence-corrected chi connectivity index (χ1v) is 7.45. The maximum atomic E-state index is 13.8. The summed E-state index contributed by atoms with van der Waals surface area (Å²) in [7, 11) is 1.84. The predicted molar refractivity (Wildman–Crippen MR) is 80.8 cm³/mol. The van der Waals surface area contributed by atoms with Gasteiger partial charge in [0, 0.05) is 23.9 Å². The van der Waals surface area contributed by atoms with E-state index in [1.54, 1.807) is 12.1 Å². The van der Waals surface area contributed by atoms with Gasteiger partial charge in [-0.3, -0.25) is 0 Å². The van der Waals surface area contributed by atoms with E-state index in [9.17, 15) is 4.39 Å². The summed E-state index contributed by atoms with van der Waals surface area (Å²) in [5.74, 6) is 1.38. The van der Waals surface area contributed by atoms with Crippen LogP contribution in [-0.4, -0.2) is 17.0 Å². The molecule has 106 valence electrons. The summed E-state index contributed by atoms with van der Waals surface area (Å²) in [6, 6.07) is 6.74. The smallest absolute Gasteiger partial charge is 0.137 e.